The van der Waals surface area contributed by atoms with Crippen LogP contribution in [-0.2, 0) is 13.1 Å². The van der Waals surface area contributed by atoms with Gasteiger partial charge >= 0.3 is 0 Å². The van der Waals surface area contributed by atoms with Gasteiger partial charge in [-0.25, -0.2) is 4.98 Å². The molecule has 0 saturated heterocycles. The molecular formula is C32H32ClN7O3. The number of likely N-dealkylation sites (N-methyl/N-ethyl adjacent to an activating group) is 2. The number of benzene rings is 3. The summed E-state index contributed by atoms with van der Waals surface area (Å²) in [6.07, 6.45) is 1.80. The van der Waals surface area contributed by atoms with E-state index in [1.165, 1.54) is 5.56 Å². The molecule has 2 aromatic heterocycles. The summed E-state index contributed by atoms with van der Waals surface area (Å²) in [6, 6.07) is 21.3. The second-order valence-electron chi connectivity index (χ2n) is 10.6. The molecule has 43 heavy (non-hydrogen) atoms. The lowest BCUT2D eigenvalue weighted by Crippen LogP contribution is -2.35. The predicted molar refractivity (Wildman–Crippen MR) is 167 cm³/mol. The Labute approximate surface area is 254 Å². The number of carbonyl (C=O) groups excluding carboxylic acids is 1. The Morgan fingerprint density at radius 1 is 0.977 bits per heavy atom. The molecule has 3 aromatic carbocycles. The highest BCUT2D eigenvalue weighted by molar-refractivity contribution is 6.30. The first-order valence-electron chi connectivity index (χ1n) is 14.0. The van der Waals surface area contributed by atoms with Crippen molar-refractivity contribution < 1.29 is 14.3 Å². The maximum Gasteiger partial charge on any atom is 0.253 e. The number of hydrogen-bond acceptors (Lipinski definition) is 8. The van der Waals surface area contributed by atoms with Crippen molar-refractivity contribution in [3.05, 3.63) is 100 Å². The van der Waals surface area contributed by atoms with E-state index in [0.29, 0.717) is 59.7 Å². The Hall–Kier alpha value is -4.83. The minimum absolute atomic E-state index is 0.102. The standard InChI is InChI=1S/C32H32ClN7O3/c1-21-7-9-22(10-8-21)18-40-19-35-28-29(34-17-23-11-12-26-27(15-23)43-20-42-26)36-32(37-30(28)40)39(3)14-13-38(2)31(41)24-5-4-6-25(33)16-24/h4-12,15-16,19H,13-14,17-18,20H2,1-3H3,(H,34,36,37). The third-order valence-corrected chi connectivity index (χ3v) is 7.59. The summed E-state index contributed by atoms with van der Waals surface area (Å²) in [5.41, 5.74) is 5.32. The highest BCUT2D eigenvalue weighted by Crippen LogP contribution is 2.33. The molecule has 0 aliphatic carbocycles. The van der Waals surface area contributed by atoms with Crippen molar-refractivity contribution in [3.63, 3.8) is 0 Å². The van der Waals surface area contributed by atoms with Crippen molar-refractivity contribution in [3.8, 4) is 11.5 Å². The molecule has 10 nitrogen and oxygen atoms in total. The van der Waals surface area contributed by atoms with Crippen LogP contribution in [-0.4, -0.2) is 64.3 Å². The van der Waals surface area contributed by atoms with Crippen molar-refractivity contribution >= 4 is 40.4 Å². The van der Waals surface area contributed by atoms with E-state index < -0.39 is 0 Å². The maximum absolute atomic E-state index is 12.9. The lowest BCUT2D eigenvalue weighted by atomic mass is 10.1. The number of ether oxygens (including phenoxy) is 2. The zero-order valence-corrected chi connectivity index (χ0v) is 25.0. The number of fused-ring (bicyclic) bond motifs is 2. The van der Waals surface area contributed by atoms with Crippen molar-refractivity contribution in [2.45, 2.75) is 20.0 Å². The van der Waals surface area contributed by atoms with Gasteiger partial charge in [-0.15, -0.1) is 0 Å². The average Bonchev–Trinajstić information content (AvgIpc) is 3.66. The largest absolute Gasteiger partial charge is 0.454 e. The molecule has 0 fully saturated rings. The number of nitrogens with zero attached hydrogens (tertiary/aromatic N) is 6. The van der Waals surface area contributed by atoms with E-state index in [1.807, 2.05) is 34.7 Å². The smallest absolute Gasteiger partial charge is 0.253 e. The van der Waals surface area contributed by atoms with E-state index >= 15 is 0 Å². The molecule has 0 atom stereocenters. The Bertz CT molecular complexity index is 1770. The molecule has 1 aliphatic heterocycles. The Balaban J connectivity index is 1.25. The second kappa shape index (κ2) is 12.2. The molecule has 5 aromatic rings. The van der Waals surface area contributed by atoms with Gasteiger partial charge in [0.1, 0.15) is 0 Å². The second-order valence-corrected chi connectivity index (χ2v) is 11.0. The molecular weight excluding hydrogens is 566 g/mol. The quantitative estimate of drug-likeness (QED) is 0.229. The topological polar surface area (TPSA) is 97.6 Å². The SMILES string of the molecule is Cc1ccc(Cn2cnc3c(NCc4ccc5c(c4)OCO5)nc(N(C)CCN(C)C(=O)c4cccc(Cl)c4)nc32)cc1. The summed E-state index contributed by atoms with van der Waals surface area (Å²) >= 11 is 6.09. The van der Waals surface area contributed by atoms with E-state index in [2.05, 4.69) is 41.5 Å². The molecule has 1 aliphatic rings. The molecule has 6 rings (SSSR count). The third kappa shape index (κ3) is 6.34. The highest BCUT2D eigenvalue weighted by atomic mass is 35.5. The molecule has 0 spiro atoms. The molecule has 11 heteroatoms. The monoisotopic (exact) mass is 597 g/mol. The first-order chi connectivity index (χ1) is 20.8. The number of imidazole rings is 1. The van der Waals surface area contributed by atoms with Crippen LogP contribution in [0.1, 0.15) is 27.0 Å². The van der Waals surface area contributed by atoms with E-state index in [4.69, 9.17) is 31.0 Å². The fraction of sp³-hybridized carbons (Fsp3) is 0.250. The Morgan fingerprint density at radius 2 is 1.77 bits per heavy atom. The van der Waals surface area contributed by atoms with Gasteiger partial charge in [-0.1, -0.05) is 53.6 Å². The van der Waals surface area contributed by atoms with Crippen molar-refractivity contribution in [2.75, 3.05) is 44.2 Å². The van der Waals surface area contributed by atoms with Crippen LogP contribution in [0.2, 0.25) is 5.02 Å². The lowest BCUT2D eigenvalue weighted by Gasteiger charge is -2.23. The van der Waals surface area contributed by atoms with Crippen molar-refractivity contribution in [2.24, 2.45) is 0 Å². The molecule has 1 amide bonds. The molecule has 220 valence electrons. The van der Waals surface area contributed by atoms with Gasteiger partial charge in [-0.2, -0.15) is 9.97 Å². The number of hydrogen-bond donors (Lipinski definition) is 1. The summed E-state index contributed by atoms with van der Waals surface area (Å²) in [5.74, 6) is 2.51. The molecule has 0 bridgehead atoms. The fourth-order valence-corrected chi connectivity index (χ4v) is 5.00. The van der Waals surface area contributed by atoms with Crippen LogP contribution in [0.15, 0.2) is 73.1 Å². The van der Waals surface area contributed by atoms with Crippen molar-refractivity contribution in [1.82, 2.24) is 24.4 Å². The lowest BCUT2D eigenvalue weighted by molar-refractivity contribution is 0.0798. The number of nitrogens with one attached hydrogen (secondary N) is 1. The van der Waals surface area contributed by atoms with Crippen molar-refractivity contribution in [1.29, 1.82) is 0 Å². The van der Waals surface area contributed by atoms with Gasteiger partial charge in [0.15, 0.2) is 28.5 Å². The summed E-state index contributed by atoms with van der Waals surface area (Å²) < 4.78 is 13.0. The van der Waals surface area contributed by atoms with Crippen LogP contribution in [0.25, 0.3) is 11.2 Å². The minimum Gasteiger partial charge on any atom is -0.454 e. The van der Waals surface area contributed by atoms with Crippen LogP contribution in [0, 0.1) is 6.92 Å². The number of halogens is 1. The van der Waals surface area contributed by atoms with E-state index in [0.717, 1.165) is 22.6 Å². The molecule has 0 unspecified atom stereocenters. The Morgan fingerprint density at radius 3 is 2.58 bits per heavy atom. The summed E-state index contributed by atoms with van der Waals surface area (Å²) in [5, 5.41) is 3.99. The van der Waals surface area contributed by atoms with E-state index in [9.17, 15) is 4.79 Å². The number of aromatic nitrogens is 4. The van der Waals surface area contributed by atoms with E-state index in [1.54, 1.807) is 42.5 Å². The van der Waals surface area contributed by atoms with Crippen LogP contribution in [0.3, 0.4) is 0 Å². The summed E-state index contributed by atoms with van der Waals surface area (Å²) in [4.78, 5) is 31.0. The zero-order chi connectivity index (χ0) is 29.9. The number of rotatable bonds is 10. The normalized spacial score (nSPS) is 12.0. The average molecular weight is 598 g/mol. The number of amides is 1. The third-order valence-electron chi connectivity index (χ3n) is 7.35. The van der Waals surface area contributed by atoms with Crippen LogP contribution < -0.4 is 19.7 Å². The molecule has 0 radical (unpaired) electrons. The highest BCUT2D eigenvalue weighted by Gasteiger charge is 2.19. The van der Waals surface area contributed by atoms with Gasteiger partial charge in [-0.05, 0) is 48.4 Å². The first-order valence-corrected chi connectivity index (χ1v) is 14.3. The van der Waals surface area contributed by atoms with Crippen LogP contribution >= 0.6 is 11.6 Å². The Kier molecular flexibility index (Phi) is 8.02. The summed E-state index contributed by atoms with van der Waals surface area (Å²) in [6.45, 7) is 4.41. The van der Waals surface area contributed by atoms with Crippen LogP contribution in [0.5, 0.6) is 11.5 Å². The molecule has 1 N–H and O–H groups in total. The number of carbonyl (C=O) groups is 1. The van der Waals surface area contributed by atoms with Gasteiger partial charge in [0.2, 0.25) is 12.7 Å². The number of aryl methyl sites for hydroxylation is 1. The molecule has 0 saturated carbocycles. The zero-order valence-electron chi connectivity index (χ0n) is 24.2. The van der Waals surface area contributed by atoms with Gasteiger partial charge in [0, 0.05) is 44.3 Å². The first kappa shape index (κ1) is 28.3. The van der Waals surface area contributed by atoms with Gasteiger partial charge < -0.3 is 29.2 Å². The predicted octanol–water partition coefficient (Wildman–Crippen LogP) is 5.39. The fourth-order valence-electron chi connectivity index (χ4n) is 4.81. The van der Waals surface area contributed by atoms with Gasteiger partial charge in [0.25, 0.3) is 5.91 Å². The number of anilines is 2. The summed E-state index contributed by atoms with van der Waals surface area (Å²) in [7, 11) is 3.69. The van der Waals surface area contributed by atoms with Gasteiger partial charge in [0.05, 0.1) is 12.9 Å². The van der Waals surface area contributed by atoms with Gasteiger partial charge in [-0.3, -0.25) is 4.79 Å². The maximum atomic E-state index is 12.9. The minimum atomic E-state index is -0.102. The molecule has 3 heterocycles. The van der Waals surface area contributed by atoms with E-state index in [-0.39, 0.29) is 12.7 Å². The van der Waals surface area contributed by atoms with Crippen LogP contribution in [0.4, 0.5) is 11.8 Å².